The van der Waals surface area contributed by atoms with E-state index in [2.05, 4.69) is 16.3 Å². The molecule has 2 heterocycles. The molecule has 26 heavy (non-hydrogen) atoms. The molecule has 0 atom stereocenters. The number of rotatable bonds is 6. The van der Waals surface area contributed by atoms with Crippen LogP contribution < -0.4 is 15.0 Å². The van der Waals surface area contributed by atoms with E-state index in [-0.39, 0.29) is 11.3 Å². The Morgan fingerprint density at radius 3 is 2.50 bits per heavy atom. The van der Waals surface area contributed by atoms with Gasteiger partial charge in [0.05, 0.1) is 24.3 Å². The molecule has 1 N–H and O–H groups in total. The number of hydrogen-bond donors (Lipinski definition) is 1. The normalized spacial score (nSPS) is 20.1. The smallest absolute Gasteiger partial charge is 0.231 e. The average Bonchev–Trinajstić information content (AvgIpc) is 2.69. The van der Waals surface area contributed by atoms with Gasteiger partial charge in [-0.05, 0) is 45.0 Å². The lowest BCUT2D eigenvalue weighted by Crippen LogP contribution is -2.56. The third kappa shape index (κ3) is 3.96. The zero-order chi connectivity index (χ0) is 18.4. The molecule has 0 aliphatic carbocycles. The number of hydrogen-bond acceptors (Lipinski definition) is 5. The highest BCUT2D eigenvalue weighted by molar-refractivity contribution is 5.83. The summed E-state index contributed by atoms with van der Waals surface area (Å²) in [5, 5.41) is 3.35. The molecule has 2 aliphatic rings. The average molecular weight is 361 g/mol. The minimum Gasteiger partial charge on any atom is -0.492 e. The maximum atomic E-state index is 13.3. The van der Waals surface area contributed by atoms with Gasteiger partial charge in [-0.1, -0.05) is 12.1 Å². The molecule has 6 nitrogen and oxygen atoms in total. The number of piperidine rings is 1. The van der Waals surface area contributed by atoms with Crippen LogP contribution in [-0.2, 0) is 9.53 Å². The molecule has 6 heteroatoms. The van der Waals surface area contributed by atoms with Gasteiger partial charge in [0.1, 0.15) is 5.75 Å². The van der Waals surface area contributed by atoms with Crippen molar-refractivity contribution in [1.29, 1.82) is 0 Å². The molecule has 1 aromatic carbocycles. The molecule has 0 bridgehead atoms. The van der Waals surface area contributed by atoms with Crippen LogP contribution in [0.15, 0.2) is 24.3 Å². The Hall–Kier alpha value is -1.79. The standard InChI is InChI=1S/C20H31N3O3/c1-3-26-18-7-5-4-6-17(18)22-12-14-23(15-13-22)19(24)20(16-25-2)8-10-21-11-9-20/h4-7,21H,3,8-16H2,1-2H3. The summed E-state index contributed by atoms with van der Waals surface area (Å²) in [6, 6.07) is 8.15. The quantitative estimate of drug-likeness (QED) is 0.837. The van der Waals surface area contributed by atoms with Crippen molar-refractivity contribution >= 4 is 11.6 Å². The van der Waals surface area contributed by atoms with E-state index in [0.29, 0.717) is 13.2 Å². The Morgan fingerprint density at radius 1 is 1.15 bits per heavy atom. The molecule has 0 saturated carbocycles. The lowest BCUT2D eigenvalue weighted by atomic mass is 9.78. The number of anilines is 1. The topological polar surface area (TPSA) is 54.0 Å². The van der Waals surface area contributed by atoms with E-state index < -0.39 is 0 Å². The number of nitrogens with zero attached hydrogens (tertiary/aromatic N) is 2. The van der Waals surface area contributed by atoms with Gasteiger partial charge in [-0.2, -0.15) is 0 Å². The SMILES string of the molecule is CCOc1ccccc1N1CCN(C(=O)C2(COC)CCNCC2)CC1. The fraction of sp³-hybridized carbons (Fsp3) is 0.650. The summed E-state index contributed by atoms with van der Waals surface area (Å²) in [6.45, 7) is 8.10. The van der Waals surface area contributed by atoms with E-state index in [1.54, 1.807) is 7.11 Å². The fourth-order valence-corrected chi connectivity index (χ4v) is 4.08. The minimum absolute atomic E-state index is 0.263. The van der Waals surface area contributed by atoms with E-state index in [1.807, 2.05) is 30.0 Å². The van der Waals surface area contributed by atoms with Crippen molar-refractivity contribution in [3.63, 3.8) is 0 Å². The van der Waals surface area contributed by atoms with Crippen LogP contribution in [0.4, 0.5) is 5.69 Å². The summed E-state index contributed by atoms with van der Waals surface area (Å²) in [6.07, 6.45) is 1.71. The molecule has 2 aliphatic heterocycles. The van der Waals surface area contributed by atoms with Gasteiger partial charge in [-0.25, -0.2) is 0 Å². The van der Waals surface area contributed by atoms with E-state index in [4.69, 9.17) is 9.47 Å². The number of nitrogens with one attached hydrogen (secondary N) is 1. The van der Waals surface area contributed by atoms with Gasteiger partial charge in [0.2, 0.25) is 5.91 Å². The highest BCUT2D eigenvalue weighted by atomic mass is 16.5. The van der Waals surface area contributed by atoms with Crippen LogP contribution in [0.1, 0.15) is 19.8 Å². The van der Waals surface area contributed by atoms with E-state index in [1.165, 1.54) is 0 Å². The van der Waals surface area contributed by atoms with Gasteiger partial charge in [0.15, 0.2) is 0 Å². The van der Waals surface area contributed by atoms with Crippen molar-refractivity contribution < 1.29 is 14.3 Å². The molecule has 1 aromatic rings. The first kappa shape index (κ1) is 19.0. The minimum atomic E-state index is -0.356. The van der Waals surface area contributed by atoms with Crippen LogP contribution >= 0.6 is 0 Å². The molecule has 2 fully saturated rings. The largest absolute Gasteiger partial charge is 0.492 e. The van der Waals surface area contributed by atoms with Gasteiger partial charge in [-0.15, -0.1) is 0 Å². The van der Waals surface area contributed by atoms with Crippen molar-refractivity contribution in [2.45, 2.75) is 19.8 Å². The van der Waals surface area contributed by atoms with Gasteiger partial charge >= 0.3 is 0 Å². The molecule has 1 amide bonds. The second kappa shape index (κ2) is 8.73. The number of para-hydroxylation sites is 2. The zero-order valence-corrected chi connectivity index (χ0v) is 16.0. The summed E-state index contributed by atoms with van der Waals surface area (Å²) in [5.41, 5.74) is 0.765. The number of carbonyl (C=O) groups excluding carboxylic acids is 1. The fourth-order valence-electron chi connectivity index (χ4n) is 4.08. The first-order valence-electron chi connectivity index (χ1n) is 9.66. The van der Waals surface area contributed by atoms with Crippen molar-refractivity contribution in [2.24, 2.45) is 5.41 Å². The second-order valence-electron chi connectivity index (χ2n) is 7.14. The third-order valence-corrected chi connectivity index (χ3v) is 5.51. The Morgan fingerprint density at radius 2 is 1.85 bits per heavy atom. The summed E-state index contributed by atoms with van der Waals surface area (Å²) in [4.78, 5) is 17.6. The third-order valence-electron chi connectivity index (χ3n) is 5.51. The summed E-state index contributed by atoms with van der Waals surface area (Å²) >= 11 is 0. The Kier molecular flexibility index (Phi) is 6.38. The molecule has 144 valence electrons. The molecule has 2 saturated heterocycles. The Labute approximate surface area is 156 Å². The first-order valence-corrected chi connectivity index (χ1v) is 9.66. The summed E-state index contributed by atoms with van der Waals surface area (Å²) in [5.74, 6) is 1.18. The van der Waals surface area contributed by atoms with E-state index in [0.717, 1.165) is 63.5 Å². The van der Waals surface area contributed by atoms with Crippen LogP contribution in [0.25, 0.3) is 0 Å². The summed E-state index contributed by atoms with van der Waals surface area (Å²) in [7, 11) is 1.69. The van der Waals surface area contributed by atoms with E-state index >= 15 is 0 Å². The van der Waals surface area contributed by atoms with E-state index in [9.17, 15) is 4.79 Å². The molecule has 3 rings (SSSR count). The van der Waals surface area contributed by atoms with Crippen LogP contribution in [0.5, 0.6) is 5.75 Å². The van der Waals surface area contributed by atoms with Gasteiger partial charge < -0.3 is 24.6 Å². The van der Waals surface area contributed by atoms with Crippen molar-refractivity contribution in [3.05, 3.63) is 24.3 Å². The first-order chi connectivity index (χ1) is 12.7. The number of methoxy groups -OCH3 is 1. The summed E-state index contributed by atoms with van der Waals surface area (Å²) < 4.78 is 11.2. The molecule has 0 radical (unpaired) electrons. The predicted molar refractivity (Wildman–Crippen MR) is 103 cm³/mol. The van der Waals surface area contributed by atoms with Crippen LogP contribution in [-0.4, -0.2) is 70.4 Å². The number of ether oxygens (including phenoxy) is 2. The molecular formula is C20H31N3O3. The number of piperazine rings is 1. The van der Waals surface area contributed by atoms with Crippen molar-refractivity contribution in [2.75, 3.05) is 64.5 Å². The molecule has 0 spiro atoms. The van der Waals surface area contributed by atoms with Crippen molar-refractivity contribution in [3.8, 4) is 5.75 Å². The molecule has 0 aromatic heterocycles. The molecular weight excluding hydrogens is 330 g/mol. The maximum absolute atomic E-state index is 13.3. The van der Waals surface area contributed by atoms with Crippen LogP contribution in [0.2, 0.25) is 0 Å². The lowest BCUT2D eigenvalue weighted by molar-refractivity contribution is -0.147. The van der Waals surface area contributed by atoms with Gasteiger partial charge in [0, 0.05) is 33.3 Å². The number of carbonyl (C=O) groups is 1. The number of amides is 1. The van der Waals surface area contributed by atoms with Crippen LogP contribution in [0, 0.1) is 5.41 Å². The highest BCUT2D eigenvalue weighted by Gasteiger charge is 2.42. The van der Waals surface area contributed by atoms with Crippen molar-refractivity contribution in [1.82, 2.24) is 10.2 Å². The lowest BCUT2D eigenvalue weighted by Gasteiger charge is -2.43. The van der Waals surface area contributed by atoms with Gasteiger partial charge in [0.25, 0.3) is 0 Å². The maximum Gasteiger partial charge on any atom is 0.231 e. The Bertz CT molecular complexity index is 588. The zero-order valence-electron chi connectivity index (χ0n) is 16.0. The monoisotopic (exact) mass is 361 g/mol. The second-order valence-corrected chi connectivity index (χ2v) is 7.14. The van der Waals surface area contributed by atoms with Gasteiger partial charge in [-0.3, -0.25) is 4.79 Å². The Balaban J connectivity index is 1.65. The van der Waals surface area contributed by atoms with Crippen LogP contribution in [0.3, 0.4) is 0 Å². The predicted octanol–water partition coefficient (Wildman–Crippen LogP) is 1.75. The molecule has 0 unspecified atom stereocenters. The highest BCUT2D eigenvalue weighted by Crippen LogP contribution is 2.33. The number of benzene rings is 1.